The van der Waals surface area contributed by atoms with Crippen molar-refractivity contribution >= 4 is 17.9 Å². The highest BCUT2D eigenvalue weighted by atomic mass is 32.2. The summed E-state index contributed by atoms with van der Waals surface area (Å²) in [6.45, 7) is 7.24. The smallest absolute Gasteiger partial charge is 0.288 e. The predicted molar refractivity (Wildman–Crippen MR) is 117 cm³/mol. The summed E-state index contributed by atoms with van der Waals surface area (Å²) in [7, 11) is 0. The standard InChI is InChI=1S/C19H19N3O2S.C2H6.2H2O/c1-15-11-16(23-10-9-22-8-7-19(20)21-14-22)13-17(12-15)24-25-18-5-3-2-4-6-18;1-2;;/h2-8,11-14,20H,9-10H2,1H3;1-2H3;2*1H2/p+1. The number of aromatic nitrogens is 2. The summed E-state index contributed by atoms with van der Waals surface area (Å²) >= 11 is 1.33. The van der Waals surface area contributed by atoms with E-state index in [2.05, 4.69) is 4.98 Å². The van der Waals surface area contributed by atoms with Gasteiger partial charge in [0.1, 0.15) is 24.7 Å². The van der Waals surface area contributed by atoms with Gasteiger partial charge in [0, 0.05) is 17.0 Å². The maximum Gasteiger partial charge on any atom is 0.288 e. The highest BCUT2D eigenvalue weighted by Crippen LogP contribution is 2.28. The number of hydrogen-bond donors (Lipinski definition) is 1. The Morgan fingerprint density at radius 2 is 1.69 bits per heavy atom. The summed E-state index contributed by atoms with van der Waals surface area (Å²) < 4.78 is 13.6. The minimum Gasteiger partial charge on any atom is -0.489 e. The lowest BCUT2D eigenvalue weighted by molar-refractivity contribution is -0.700. The molecule has 158 valence electrons. The second-order valence-corrected chi connectivity index (χ2v) is 6.34. The molecule has 0 aliphatic rings. The molecule has 8 heteroatoms. The normalized spacial score (nSPS) is 9.21. The van der Waals surface area contributed by atoms with Crippen LogP contribution in [-0.2, 0) is 6.54 Å². The molecule has 0 saturated heterocycles. The zero-order chi connectivity index (χ0) is 19.5. The molecule has 0 fully saturated rings. The Balaban J connectivity index is 0.00000190. The van der Waals surface area contributed by atoms with Crippen molar-refractivity contribution in [1.82, 2.24) is 4.98 Å². The van der Waals surface area contributed by atoms with Crippen molar-refractivity contribution in [2.75, 3.05) is 12.3 Å². The third-order valence-corrected chi connectivity index (χ3v) is 4.15. The van der Waals surface area contributed by atoms with Crippen LogP contribution in [0.15, 0.2) is 72.0 Å². The molecule has 3 aromatic rings. The molecule has 0 bridgehead atoms. The second-order valence-electron chi connectivity index (χ2n) is 5.53. The average Bonchev–Trinajstić information content (AvgIpc) is 2.70. The van der Waals surface area contributed by atoms with E-state index in [1.54, 1.807) is 12.4 Å². The number of ether oxygens (including phenoxy) is 1. The Hall–Kier alpha value is -2.81. The van der Waals surface area contributed by atoms with Gasteiger partial charge in [0.2, 0.25) is 5.82 Å². The molecule has 6 N–H and O–H groups in total. The molecule has 1 aromatic heterocycles. The molecular weight excluding hydrogens is 390 g/mol. The molecule has 1 heterocycles. The molecule has 0 saturated carbocycles. The Morgan fingerprint density at radius 3 is 2.34 bits per heavy atom. The van der Waals surface area contributed by atoms with Crippen molar-refractivity contribution < 1.29 is 24.4 Å². The van der Waals surface area contributed by atoms with Crippen molar-refractivity contribution in [3.05, 3.63) is 72.7 Å². The third-order valence-electron chi connectivity index (χ3n) is 3.41. The van der Waals surface area contributed by atoms with Crippen molar-refractivity contribution in [2.24, 2.45) is 0 Å². The van der Waals surface area contributed by atoms with E-state index in [0.29, 0.717) is 19.0 Å². The highest BCUT2D eigenvalue weighted by Gasteiger charge is 2.05. The molecule has 0 amide bonds. The fourth-order valence-corrected chi connectivity index (χ4v) is 2.77. The minimum atomic E-state index is 0. The lowest BCUT2D eigenvalue weighted by atomic mass is 10.2. The van der Waals surface area contributed by atoms with Gasteiger partial charge in [0.05, 0.1) is 18.2 Å². The van der Waals surface area contributed by atoms with E-state index in [4.69, 9.17) is 14.7 Å². The first-order chi connectivity index (χ1) is 13.2. The first kappa shape index (κ1) is 26.2. The Labute approximate surface area is 176 Å². The number of nitrogen functional groups attached to an aromatic ring is 1. The van der Waals surface area contributed by atoms with Gasteiger partial charge in [-0.2, -0.15) is 0 Å². The summed E-state index contributed by atoms with van der Waals surface area (Å²) in [5.41, 5.74) is 6.66. The Kier molecular flexibility index (Phi) is 12.8. The molecule has 0 unspecified atom stereocenters. The van der Waals surface area contributed by atoms with Crippen LogP contribution in [0.3, 0.4) is 0 Å². The number of rotatable bonds is 7. The van der Waals surface area contributed by atoms with Crippen LogP contribution >= 0.6 is 12.0 Å². The number of nitrogens with two attached hydrogens (primary N) is 1. The van der Waals surface area contributed by atoms with Crippen molar-refractivity contribution in [2.45, 2.75) is 32.2 Å². The second kappa shape index (κ2) is 14.2. The monoisotopic (exact) mass is 420 g/mol. The van der Waals surface area contributed by atoms with Crippen LogP contribution in [-0.4, -0.2) is 22.5 Å². The Bertz CT molecular complexity index is 818. The van der Waals surface area contributed by atoms with Gasteiger partial charge in [0.15, 0.2) is 0 Å². The van der Waals surface area contributed by atoms with Gasteiger partial charge in [-0.3, -0.25) is 0 Å². The summed E-state index contributed by atoms with van der Waals surface area (Å²) in [5.74, 6) is 2.06. The maximum atomic E-state index is 5.84. The molecule has 2 aromatic carbocycles. The molecular formula is C21H30N3O4S+. The summed E-state index contributed by atoms with van der Waals surface area (Å²) in [6, 6.07) is 17.6. The molecule has 0 atom stereocenters. The van der Waals surface area contributed by atoms with Crippen molar-refractivity contribution in [3.63, 3.8) is 0 Å². The van der Waals surface area contributed by atoms with Crippen LogP contribution in [0.2, 0.25) is 0 Å². The zero-order valence-electron chi connectivity index (χ0n) is 17.0. The van der Waals surface area contributed by atoms with Crippen LogP contribution < -0.4 is 19.2 Å². The highest BCUT2D eigenvalue weighted by molar-refractivity contribution is 7.95. The van der Waals surface area contributed by atoms with Crippen LogP contribution in [0.25, 0.3) is 0 Å². The van der Waals surface area contributed by atoms with Crippen LogP contribution in [0.5, 0.6) is 11.5 Å². The number of hydrogen-bond acceptors (Lipinski definition) is 5. The number of benzene rings is 2. The van der Waals surface area contributed by atoms with E-state index in [1.165, 1.54) is 12.0 Å². The van der Waals surface area contributed by atoms with Crippen LogP contribution in [0.4, 0.5) is 5.82 Å². The molecule has 0 radical (unpaired) electrons. The quantitative estimate of drug-likeness (QED) is 0.465. The first-order valence-corrected chi connectivity index (χ1v) is 9.68. The summed E-state index contributed by atoms with van der Waals surface area (Å²) in [4.78, 5) is 5.10. The fraction of sp³-hybridized carbons (Fsp3) is 0.238. The van der Waals surface area contributed by atoms with E-state index >= 15 is 0 Å². The minimum absolute atomic E-state index is 0. The van der Waals surface area contributed by atoms with Crippen LogP contribution in [0.1, 0.15) is 19.4 Å². The fourth-order valence-electron chi connectivity index (χ4n) is 2.21. The lowest BCUT2D eigenvalue weighted by Crippen LogP contribution is -2.36. The SMILES string of the molecule is CC.Cc1cc(OCC[n+]2ccc(N)nc2)cc(OSc2ccccc2)c1.O.O. The molecule has 0 spiro atoms. The zero-order valence-corrected chi connectivity index (χ0v) is 17.8. The van der Waals surface area contributed by atoms with Crippen molar-refractivity contribution in [1.29, 1.82) is 0 Å². The number of aryl methyl sites for hydroxylation is 1. The third kappa shape index (κ3) is 9.29. The van der Waals surface area contributed by atoms with Gasteiger partial charge >= 0.3 is 0 Å². The van der Waals surface area contributed by atoms with Gasteiger partial charge in [-0.25, -0.2) is 4.57 Å². The topological polar surface area (TPSA) is 124 Å². The van der Waals surface area contributed by atoms with Gasteiger partial charge in [-0.05, 0) is 41.7 Å². The summed E-state index contributed by atoms with van der Waals surface area (Å²) in [5, 5.41) is 0. The average molecular weight is 421 g/mol. The molecule has 29 heavy (non-hydrogen) atoms. The van der Waals surface area contributed by atoms with E-state index in [0.717, 1.165) is 22.0 Å². The van der Waals surface area contributed by atoms with Gasteiger partial charge < -0.3 is 25.6 Å². The summed E-state index contributed by atoms with van der Waals surface area (Å²) in [6.07, 6.45) is 3.58. The molecule has 7 nitrogen and oxygen atoms in total. The van der Waals surface area contributed by atoms with E-state index in [-0.39, 0.29) is 11.0 Å². The largest absolute Gasteiger partial charge is 0.489 e. The lowest BCUT2D eigenvalue weighted by Gasteiger charge is -2.10. The number of nitrogens with zero attached hydrogens (tertiary/aromatic N) is 2. The first-order valence-electron chi connectivity index (χ1n) is 8.94. The van der Waals surface area contributed by atoms with Crippen molar-refractivity contribution in [3.8, 4) is 11.5 Å². The van der Waals surface area contributed by atoms with Gasteiger partial charge in [0.25, 0.3) is 6.33 Å². The predicted octanol–water partition coefficient (Wildman–Crippen LogP) is 2.80. The molecule has 3 rings (SSSR count). The molecule has 0 aliphatic carbocycles. The van der Waals surface area contributed by atoms with E-state index in [9.17, 15) is 0 Å². The number of anilines is 1. The Morgan fingerprint density at radius 1 is 1.00 bits per heavy atom. The van der Waals surface area contributed by atoms with E-state index < -0.39 is 0 Å². The van der Waals surface area contributed by atoms with Gasteiger partial charge in [-0.15, -0.1) is 0 Å². The molecule has 0 aliphatic heterocycles. The van der Waals surface area contributed by atoms with Crippen LogP contribution in [0, 0.1) is 6.92 Å². The van der Waals surface area contributed by atoms with Gasteiger partial charge in [-0.1, -0.05) is 32.0 Å². The van der Waals surface area contributed by atoms with E-state index in [1.807, 2.05) is 80.1 Å². The maximum absolute atomic E-state index is 5.84.